The Balaban J connectivity index is 1.62. The molecule has 1 fully saturated rings. The van der Waals surface area contributed by atoms with E-state index in [4.69, 9.17) is 0 Å². The Bertz CT molecular complexity index is 694. The minimum Gasteiger partial charge on any atom is -0.347 e. The van der Waals surface area contributed by atoms with Gasteiger partial charge in [0.25, 0.3) is 0 Å². The molecule has 0 unspecified atom stereocenters. The summed E-state index contributed by atoms with van der Waals surface area (Å²) in [5, 5.41) is 15.3. The second-order valence-electron chi connectivity index (χ2n) is 5.76. The molecule has 0 spiro atoms. The molecule has 0 radical (unpaired) electrons. The molecule has 1 saturated heterocycles. The van der Waals surface area contributed by atoms with Crippen molar-refractivity contribution in [3.8, 4) is 0 Å². The van der Waals surface area contributed by atoms with E-state index in [1.54, 1.807) is 0 Å². The molecule has 3 rings (SSSR count). The summed E-state index contributed by atoms with van der Waals surface area (Å²) in [6.45, 7) is 6.05. The van der Waals surface area contributed by atoms with E-state index >= 15 is 0 Å². The fraction of sp³-hybridized carbons (Fsp3) is 0.438. The van der Waals surface area contributed by atoms with Crippen LogP contribution in [0.5, 0.6) is 0 Å². The smallest absolute Gasteiger partial charge is 0.325 e. The van der Waals surface area contributed by atoms with Crippen LogP contribution in [-0.4, -0.2) is 29.3 Å². The van der Waals surface area contributed by atoms with Crippen molar-refractivity contribution in [2.45, 2.75) is 33.1 Å². The van der Waals surface area contributed by atoms with Crippen molar-refractivity contribution in [1.82, 2.24) is 10.2 Å². The number of nitrogens with zero attached hydrogens (tertiary/aromatic N) is 3. The van der Waals surface area contributed by atoms with E-state index in [9.17, 15) is 4.79 Å². The standard InChI is InChI=1S/C16H21N5OS/c1-11-7-6-8-13(12(11)2)17-14(22)18-15-19-20-16(23-15)21-9-4-3-5-10-21/h6-8H,3-5,9-10H2,1-2H3,(H2,17,18,19,22). The predicted octanol–water partition coefficient (Wildman–Crippen LogP) is 3.79. The molecular formula is C16H21N5OS. The van der Waals surface area contributed by atoms with Gasteiger partial charge < -0.3 is 10.2 Å². The Labute approximate surface area is 139 Å². The molecule has 122 valence electrons. The van der Waals surface area contributed by atoms with E-state index in [0.29, 0.717) is 5.13 Å². The molecule has 1 aliphatic heterocycles. The number of anilines is 3. The molecule has 0 bridgehead atoms. The van der Waals surface area contributed by atoms with E-state index in [1.165, 1.54) is 30.6 Å². The van der Waals surface area contributed by atoms with Crippen LogP contribution in [0.3, 0.4) is 0 Å². The summed E-state index contributed by atoms with van der Waals surface area (Å²) in [5.74, 6) is 0. The average molecular weight is 331 g/mol. The molecule has 2 amide bonds. The van der Waals surface area contributed by atoms with Crippen molar-refractivity contribution >= 4 is 33.3 Å². The number of benzene rings is 1. The molecule has 6 nitrogen and oxygen atoms in total. The number of hydrogen-bond donors (Lipinski definition) is 2. The Morgan fingerprint density at radius 1 is 1.13 bits per heavy atom. The highest BCUT2D eigenvalue weighted by Crippen LogP contribution is 2.26. The minimum atomic E-state index is -0.292. The molecular weight excluding hydrogens is 310 g/mol. The van der Waals surface area contributed by atoms with E-state index in [0.717, 1.165) is 35.0 Å². The lowest BCUT2D eigenvalue weighted by molar-refractivity contribution is 0.262. The number of nitrogens with one attached hydrogen (secondary N) is 2. The van der Waals surface area contributed by atoms with Crippen molar-refractivity contribution in [2.24, 2.45) is 0 Å². The second kappa shape index (κ2) is 6.95. The molecule has 0 saturated carbocycles. The third-order valence-electron chi connectivity index (χ3n) is 4.11. The van der Waals surface area contributed by atoms with Crippen LogP contribution in [0, 0.1) is 13.8 Å². The fourth-order valence-electron chi connectivity index (χ4n) is 2.62. The maximum Gasteiger partial charge on any atom is 0.325 e. The van der Waals surface area contributed by atoms with Gasteiger partial charge in [0.2, 0.25) is 10.3 Å². The number of carbonyl (C=O) groups is 1. The van der Waals surface area contributed by atoms with Gasteiger partial charge in [-0.05, 0) is 50.3 Å². The molecule has 7 heteroatoms. The number of urea groups is 1. The molecule has 1 aromatic carbocycles. The molecule has 0 atom stereocenters. The Morgan fingerprint density at radius 3 is 2.70 bits per heavy atom. The highest BCUT2D eigenvalue weighted by molar-refractivity contribution is 7.19. The van der Waals surface area contributed by atoms with Crippen molar-refractivity contribution in [3.05, 3.63) is 29.3 Å². The van der Waals surface area contributed by atoms with Crippen LogP contribution >= 0.6 is 11.3 Å². The number of aromatic nitrogens is 2. The van der Waals surface area contributed by atoms with Gasteiger partial charge in [0, 0.05) is 18.8 Å². The summed E-state index contributed by atoms with van der Waals surface area (Å²) in [5.41, 5.74) is 3.02. The van der Waals surface area contributed by atoms with Crippen molar-refractivity contribution in [3.63, 3.8) is 0 Å². The van der Waals surface area contributed by atoms with Gasteiger partial charge >= 0.3 is 6.03 Å². The van der Waals surface area contributed by atoms with Gasteiger partial charge in [-0.2, -0.15) is 0 Å². The molecule has 0 aliphatic carbocycles. The predicted molar refractivity (Wildman–Crippen MR) is 94.5 cm³/mol. The highest BCUT2D eigenvalue weighted by atomic mass is 32.1. The zero-order chi connectivity index (χ0) is 16.2. The average Bonchev–Trinajstić information content (AvgIpc) is 3.01. The van der Waals surface area contributed by atoms with Gasteiger partial charge in [-0.15, -0.1) is 10.2 Å². The lowest BCUT2D eigenvalue weighted by Crippen LogP contribution is -2.29. The zero-order valence-corrected chi connectivity index (χ0v) is 14.2. The molecule has 2 heterocycles. The van der Waals surface area contributed by atoms with Gasteiger partial charge in [-0.25, -0.2) is 4.79 Å². The van der Waals surface area contributed by atoms with Crippen LogP contribution in [-0.2, 0) is 0 Å². The van der Waals surface area contributed by atoms with Crippen LogP contribution in [0.1, 0.15) is 30.4 Å². The third kappa shape index (κ3) is 3.79. The first-order valence-corrected chi connectivity index (χ1v) is 8.68. The van der Waals surface area contributed by atoms with Gasteiger partial charge in [0.1, 0.15) is 0 Å². The maximum absolute atomic E-state index is 12.1. The van der Waals surface area contributed by atoms with Crippen LogP contribution in [0.25, 0.3) is 0 Å². The monoisotopic (exact) mass is 331 g/mol. The van der Waals surface area contributed by atoms with Crippen molar-refractivity contribution in [2.75, 3.05) is 28.6 Å². The number of piperidine rings is 1. The lowest BCUT2D eigenvalue weighted by atomic mass is 10.1. The van der Waals surface area contributed by atoms with Gasteiger partial charge in [0.15, 0.2) is 0 Å². The van der Waals surface area contributed by atoms with E-state index in [2.05, 4.69) is 25.7 Å². The van der Waals surface area contributed by atoms with Crippen LogP contribution < -0.4 is 15.5 Å². The molecule has 23 heavy (non-hydrogen) atoms. The number of rotatable bonds is 3. The molecule has 2 aromatic rings. The van der Waals surface area contributed by atoms with Crippen LogP contribution in [0.15, 0.2) is 18.2 Å². The minimum absolute atomic E-state index is 0.292. The van der Waals surface area contributed by atoms with Crippen LogP contribution in [0.2, 0.25) is 0 Å². The molecule has 2 N–H and O–H groups in total. The Hall–Kier alpha value is -2.15. The Kier molecular flexibility index (Phi) is 4.76. The van der Waals surface area contributed by atoms with E-state index in [1.807, 2.05) is 32.0 Å². The first-order chi connectivity index (χ1) is 11.1. The maximum atomic E-state index is 12.1. The number of carbonyl (C=O) groups excluding carboxylic acids is 1. The van der Waals surface area contributed by atoms with Crippen LogP contribution in [0.4, 0.5) is 20.7 Å². The second-order valence-corrected chi connectivity index (χ2v) is 6.72. The lowest BCUT2D eigenvalue weighted by Gasteiger charge is -2.25. The van der Waals surface area contributed by atoms with Gasteiger partial charge in [-0.3, -0.25) is 5.32 Å². The first kappa shape index (κ1) is 15.7. The summed E-state index contributed by atoms with van der Waals surface area (Å²) in [6.07, 6.45) is 3.66. The number of amides is 2. The molecule has 1 aromatic heterocycles. The quantitative estimate of drug-likeness (QED) is 0.898. The zero-order valence-electron chi connectivity index (χ0n) is 13.4. The normalized spacial score (nSPS) is 14.6. The Morgan fingerprint density at radius 2 is 1.91 bits per heavy atom. The highest BCUT2D eigenvalue weighted by Gasteiger charge is 2.16. The van der Waals surface area contributed by atoms with Crippen molar-refractivity contribution in [1.29, 1.82) is 0 Å². The SMILES string of the molecule is Cc1cccc(NC(=O)Nc2nnc(N3CCCCC3)s2)c1C. The summed E-state index contributed by atoms with van der Waals surface area (Å²) in [4.78, 5) is 14.4. The number of hydrogen-bond acceptors (Lipinski definition) is 5. The summed E-state index contributed by atoms with van der Waals surface area (Å²) in [7, 11) is 0. The van der Waals surface area contributed by atoms with Gasteiger partial charge in [0.05, 0.1) is 0 Å². The van der Waals surface area contributed by atoms with E-state index < -0.39 is 0 Å². The molecule has 1 aliphatic rings. The summed E-state index contributed by atoms with van der Waals surface area (Å²) in [6, 6.07) is 5.55. The third-order valence-corrected chi connectivity index (χ3v) is 5.01. The largest absolute Gasteiger partial charge is 0.347 e. The van der Waals surface area contributed by atoms with E-state index in [-0.39, 0.29) is 6.03 Å². The van der Waals surface area contributed by atoms with Gasteiger partial charge in [-0.1, -0.05) is 23.5 Å². The first-order valence-electron chi connectivity index (χ1n) is 7.86. The summed E-state index contributed by atoms with van der Waals surface area (Å²) < 4.78 is 0. The summed E-state index contributed by atoms with van der Waals surface area (Å²) >= 11 is 1.42. The van der Waals surface area contributed by atoms with Crippen molar-refractivity contribution < 1.29 is 4.79 Å². The number of aryl methyl sites for hydroxylation is 1. The fourth-order valence-corrected chi connectivity index (χ4v) is 3.41. The topological polar surface area (TPSA) is 70.1 Å².